The van der Waals surface area contributed by atoms with E-state index in [0.717, 1.165) is 29.5 Å². The van der Waals surface area contributed by atoms with Crippen LogP contribution in [0, 0.1) is 5.82 Å². The van der Waals surface area contributed by atoms with Gasteiger partial charge in [-0.05, 0) is 36.7 Å². The van der Waals surface area contributed by atoms with Gasteiger partial charge < -0.3 is 10.1 Å². The summed E-state index contributed by atoms with van der Waals surface area (Å²) in [6.07, 6.45) is 1.30. The number of rotatable bonds is 3. The molecule has 0 spiro atoms. The smallest absolute Gasteiger partial charge is 0.123 e. The van der Waals surface area contributed by atoms with E-state index in [1.54, 1.807) is 6.07 Å². The molecule has 15 heavy (non-hydrogen) atoms. The topological polar surface area (TPSA) is 21.3 Å². The third-order valence-corrected chi connectivity index (χ3v) is 3.27. The summed E-state index contributed by atoms with van der Waals surface area (Å²) >= 11 is 3.38. The van der Waals surface area contributed by atoms with E-state index in [1.807, 2.05) is 0 Å². The van der Waals surface area contributed by atoms with Gasteiger partial charge in [-0.2, -0.15) is 0 Å². The van der Waals surface area contributed by atoms with Crippen LogP contribution < -0.4 is 5.32 Å². The fourth-order valence-corrected chi connectivity index (χ4v) is 1.99. The van der Waals surface area contributed by atoms with Crippen LogP contribution in [0.5, 0.6) is 0 Å². The molecule has 0 radical (unpaired) electrons. The molecule has 82 valence electrons. The molecule has 4 heteroatoms. The maximum absolute atomic E-state index is 13.0. The first-order valence-corrected chi connectivity index (χ1v) is 5.81. The van der Waals surface area contributed by atoms with Gasteiger partial charge in [0.15, 0.2) is 0 Å². The van der Waals surface area contributed by atoms with Crippen molar-refractivity contribution in [2.24, 2.45) is 0 Å². The molecule has 0 aromatic heterocycles. The summed E-state index contributed by atoms with van der Waals surface area (Å²) < 4.78 is 19.5. The first-order chi connectivity index (χ1) is 7.25. The minimum atomic E-state index is -0.221. The Morgan fingerprint density at radius 1 is 1.53 bits per heavy atom. The molecule has 1 atom stereocenters. The summed E-state index contributed by atoms with van der Waals surface area (Å²) in [5.41, 5.74) is 0.863. The van der Waals surface area contributed by atoms with Crippen molar-refractivity contribution >= 4 is 15.9 Å². The fraction of sp³-hybridized carbons (Fsp3) is 0.455. The number of hydrogen-bond acceptors (Lipinski definition) is 2. The average molecular weight is 274 g/mol. The molecule has 0 saturated carbocycles. The van der Waals surface area contributed by atoms with Gasteiger partial charge in [0.1, 0.15) is 5.82 Å². The molecular formula is C11H13BrFNO. The van der Waals surface area contributed by atoms with Crippen molar-refractivity contribution in [2.75, 3.05) is 13.1 Å². The van der Waals surface area contributed by atoms with Gasteiger partial charge in [0.25, 0.3) is 0 Å². The molecule has 0 aliphatic carbocycles. The quantitative estimate of drug-likeness (QED) is 0.914. The second-order valence-electron chi connectivity index (χ2n) is 3.66. The van der Waals surface area contributed by atoms with Crippen molar-refractivity contribution < 1.29 is 9.13 Å². The highest BCUT2D eigenvalue weighted by molar-refractivity contribution is 9.10. The van der Waals surface area contributed by atoms with Gasteiger partial charge in [-0.3, -0.25) is 0 Å². The second kappa shape index (κ2) is 5.05. The van der Waals surface area contributed by atoms with E-state index in [9.17, 15) is 4.39 Å². The lowest BCUT2D eigenvalue weighted by Gasteiger charge is -2.11. The molecule has 1 aromatic rings. The molecule has 0 bridgehead atoms. The lowest BCUT2D eigenvalue weighted by atomic mass is 10.2. The van der Waals surface area contributed by atoms with Crippen LogP contribution in [0.2, 0.25) is 0 Å². The van der Waals surface area contributed by atoms with Crippen LogP contribution in [0.25, 0.3) is 0 Å². The minimum Gasteiger partial charge on any atom is -0.372 e. The van der Waals surface area contributed by atoms with E-state index < -0.39 is 0 Å². The van der Waals surface area contributed by atoms with Gasteiger partial charge >= 0.3 is 0 Å². The average Bonchev–Trinajstić information content (AvgIpc) is 2.72. The summed E-state index contributed by atoms with van der Waals surface area (Å²) in [4.78, 5) is 0. The maximum atomic E-state index is 13.0. The van der Waals surface area contributed by atoms with Crippen molar-refractivity contribution in [1.29, 1.82) is 0 Å². The van der Waals surface area contributed by atoms with Crippen LogP contribution in [0.15, 0.2) is 22.7 Å². The molecule has 1 aliphatic heterocycles. The van der Waals surface area contributed by atoms with E-state index in [0.29, 0.717) is 6.61 Å². The van der Waals surface area contributed by atoms with Crippen LogP contribution in [0.3, 0.4) is 0 Å². The van der Waals surface area contributed by atoms with Gasteiger partial charge in [-0.15, -0.1) is 0 Å². The van der Waals surface area contributed by atoms with E-state index >= 15 is 0 Å². The number of halogens is 2. The molecule has 2 nitrogen and oxygen atoms in total. The van der Waals surface area contributed by atoms with Crippen molar-refractivity contribution in [1.82, 2.24) is 5.32 Å². The zero-order valence-electron chi connectivity index (χ0n) is 8.30. The fourth-order valence-electron chi connectivity index (χ4n) is 1.63. The van der Waals surface area contributed by atoms with E-state index in [-0.39, 0.29) is 11.9 Å². The lowest BCUT2D eigenvalue weighted by Crippen LogP contribution is -2.16. The van der Waals surface area contributed by atoms with Crippen LogP contribution >= 0.6 is 15.9 Å². The third kappa shape index (κ3) is 3.00. The second-order valence-corrected chi connectivity index (χ2v) is 4.52. The standard InChI is InChI=1S/C11H13BrFNO/c12-11-2-1-9(13)5-8(11)7-15-10-3-4-14-6-10/h1-2,5,10,14H,3-4,6-7H2. The van der Waals surface area contributed by atoms with Crippen molar-refractivity contribution in [3.8, 4) is 0 Å². The molecule has 1 N–H and O–H groups in total. The monoisotopic (exact) mass is 273 g/mol. The molecular weight excluding hydrogens is 261 g/mol. The molecule has 1 aromatic carbocycles. The molecule has 1 fully saturated rings. The molecule has 1 unspecified atom stereocenters. The van der Waals surface area contributed by atoms with Gasteiger partial charge in [0.05, 0.1) is 12.7 Å². The minimum absolute atomic E-state index is 0.221. The Balaban J connectivity index is 1.94. The Hall–Kier alpha value is -0.450. The number of nitrogens with one attached hydrogen (secondary N) is 1. The van der Waals surface area contributed by atoms with Crippen molar-refractivity contribution in [2.45, 2.75) is 19.1 Å². The summed E-state index contributed by atoms with van der Waals surface area (Å²) in [7, 11) is 0. The number of hydrogen-bond donors (Lipinski definition) is 1. The third-order valence-electron chi connectivity index (χ3n) is 2.50. The largest absolute Gasteiger partial charge is 0.372 e. The Labute approximate surface area is 96.9 Å². The molecule has 0 amide bonds. The Morgan fingerprint density at radius 3 is 3.13 bits per heavy atom. The zero-order valence-corrected chi connectivity index (χ0v) is 9.89. The lowest BCUT2D eigenvalue weighted by molar-refractivity contribution is 0.0537. The van der Waals surface area contributed by atoms with Crippen LogP contribution in [-0.4, -0.2) is 19.2 Å². The molecule has 1 aliphatic rings. The molecule has 1 heterocycles. The van der Waals surface area contributed by atoms with Crippen molar-refractivity contribution in [3.63, 3.8) is 0 Å². The van der Waals surface area contributed by atoms with Gasteiger partial charge in [-0.25, -0.2) is 4.39 Å². The van der Waals surface area contributed by atoms with E-state index in [2.05, 4.69) is 21.2 Å². The highest BCUT2D eigenvalue weighted by Gasteiger charge is 2.15. The summed E-state index contributed by atoms with van der Waals surface area (Å²) in [6.45, 7) is 2.37. The maximum Gasteiger partial charge on any atom is 0.123 e. The first kappa shape index (κ1) is 11.0. The first-order valence-electron chi connectivity index (χ1n) is 5.02. The van der Waals surface area contributed by atoms with Crippen molar-refractivity contribution in [3.05, 3.63) is 34.1 Å². The van der Waals surface area contributed by atoms with Gasteiger partial charge in [0, 0.05) is 11.0 Å². The SMILES string of the molecule is Fc1ccc(Br)c(COC2CCNC2)c1. The van der Waals surface area contributed by atoms with E-state index in [1.165, 1.54) is 12.1 Å². The predicted octanol–water partition coefficient (Wildman–Crippen LogP) is 2.47. The zero-order chi connectivity index (χ0) is 10.7. The number of ether oxygens (including phenoxy) is 1. The Bertz CT molecular complexity index is 339. The summed E-state index contributed by atoms with van der Waals surface area (Å²) in [5, 5.41) is 3.22. The van der Waals surface area contributed by atoms with Gasteiger partial charge in [0.2, 0.25) is 0 Å². The predicted molar refractivity (Wildman–Crippen MR) is 60.2 cm³/mol. The highest BCUT2D eigenvalue weighted by Crippen LogP contribution is 2.19. The Kier molecular flexibility index (Phi) is 3.72. The molecule has 1 saturated heterocycles. The highest BCUT2D eigenvalue weighted by atomic mass is 79.9. The number of benzene rings is 1. The summed E-state index contributed by atoms with van der Waals surface area (Å²) in [6, 6.07) is 4.65. The van der Waals surface area contributed by atoms with Gasteiger partial charge in [-0.1, -0.05) is 15.9 Å². The Morgan fingerprint density at radius 2 is 2.40 bits per heavy atom. The van der Waals surface area contributed by atoms with Crippen LogP contribution in [0.4, 0.5) is 4.39 Å². The van der Waals surface area contributed by atoms with Crippen LogP contribution in [0.1, 0.15) is 12.0 Å². The van der Waals surface area contributed by atoms with Crippen LogP contribution in [-0.2, 0) is 11.3 Å². The molecule has 2 rings (SSSR count). The van der Waals surface area contributed by atoms with E-state index in [4.69, 9.17) is 4.74 Å². The summed E-state index contributed by atoms with van der Waals surface area (Å²) in [5.74, 6) is -0.221. The normalized spacial score (nSPS) is 20.8.